The van der Waals surface area contributed by atoms with Crippen molar-refractivity contribution in [3.05, 3.63) is 11.6 Å². The maximum Gasteiger partial charge on any atom is 0.0650 e. The van der Waals surface area contributed by atoms with Gasteiger partial charge in [0.2, 0.25) is 0 Å². The predicted molar refractivity (Wildman–Crippen MR) is 60.5 cm³/mol. The molecule has 0 aromatic rings. The summed E-state index contributed by atoms with van der Waals surface area (Å²) >= 11 is 0. The fraction of sp³-hybridized carbons (Fsp3) is 0.833. The molecule has 1 aliphatic rings. The molecule has 0 radical (unpaired) electrons. The van der Waals surface area contributed by atoms with Crippen molar-refractivity contribution in [3.8, 4) is 0 Å². The molecule has 1 unspecified atom stereocenters. The zero-order valence-corrected chi connectivity index (χ0v) is 9.51. The molecular weight excluding hydrogens is 174 g/mol. The van der Waals surface area contributed by atoms with Gasteiger partial charge in [0.1, 0.15) is 0 Å². The molecule has 0 fully saturated rings. The minimum Gasteiger partial charge on any atom is -0.377 e. The highest BCUT2D eigenvalue weighted by Gasteiger charge is 2.04. The van der Waals surface area contributed by atoms with E-state index in [0.29, 0.717) is 6.04 Å². The van der Waals surface area contributed by atoms with E-state index in [1.165, 1.54) is 19.3 Å². The van der Waals surface area contributed by atoms with Crippen molar-refractivity contribution < 1.29 is 4.74 Å². The second kappa shape index (κ2) is 7.02. The number of nitrogens with one attached hydrogen (secondary N) is 1. The van der Waals surface area contributed by atoms with Gasteiger partial charge in [-0.05, 0) is 32.7 Å². The highest BCUT2D eigenvalue weighted by atomic mass is 16.5. The van der Waals surface area contributed by atoms with Crippen molar-refractivity contribution in [1.29, 1.82) is 0 Å². The number of hydrogen-bond acceptors (Lipinski definition) is 2. The third-order valence-electron chi connectivity index (χ3n) is 2.72. The number of hydrogen-bond donors (Lipinski definition) is 1. The molecule has 1 heterocycles. The summed E-state index contributed by atoms with van der Waals surface area (Å²) in [6.45, 7) is 7.35. The van der Waals surface area contributed by atoms with Crippen LogP contribution in [0.3, 0.4) is 0 Å². The van der Waals surface area contributed by atoms with Crippen LogP contribution in [-0.2, 0) is 4.74 Å². The first-order chi connectivity index (χ1) is 6.83. The lowest BCUT2D eigenvalue weighted by Crippen LogP contribution is -2.27. The summed E-state index contributed by atoms with van der Waals surface area (Å²) in [7, 11) is 0. The van der Waals surface area contributed by atoms with Gasteiger partial charge in [0.05, 0.1) is 13.2 Å². The highest BCUT2D eigenvalue weighted by molar-refractivity contribution is 5.04. The van der Waals surface area contributed by atoms with E-state index in [2.05, 4.69) is 25.2 Å². The van der Waals surface area contributed by atoms with Crippen molar-refractivity contribution in [2.24, 2.45) is 0 Å². The molecule has 14 heavy (non-hydrogen) atoms. The largest absolute Gasteiger partial charge is 0.377 e. The normalized spacial score (nSPS) is 19.1. The Morgan fingerprint density at radius 2 is 2.43 bits per heavy atom. The summed E-state index contributed by atoms with van der Waals surface area (Å²) < 4.78 is 5.27. The van der Waals surface area contributed by atoms with E-state index in [9.17, 15) is 0 Å². The van der Waals surface area contributed by atoms with Gasteiger partial charge in [-0.15, -0.1) is 0 Å². The first-order valence-electron chi connectivity index (χ1n) is 5.82. The van der Waals surface area contributed by atoms with Crippen molar-refractivity contribution in [3.63, 3.8) is 0 Å². The van der Waals surface area contributed by atoms with E-state index < -0.39 is 0 Å². The Morgan fingerprint density at radius 3 is 3.07 bits per heavy atom. The lowest BCUT2D eigenvalue weighted by Gasteiger charge is -2.16. The average molecular weight is 197 g/mol. The van der Waals surface area contributed by atoms with Gasteiger partial charge in [-0.25, -0.2) is 0 Å². The van der Waals surface area contributed by atoms with Crippen molar-refractivity contribution in [2.75, 3.05) is 19.8 Å². The molecule has 0 saturated heterocycles. The summed E-state index contributed by atoms with van der Waals surface area (Å²) in [6, 6.07) is 0.667. The van der Waals surface area contributed by atoms with Gasteiger partial charge < -0.3 is 10.1 Å². The van der Waals surface area contributed by atoms with E-state index in [1.807, 2.05) is 0 Å². The van der Waals surface area contributed by atoms with Crippen LogP contribution in [0.5, 0.6) is 0 Å². The van der Waals surface area contributed by atoms with Gasteiger partial charge in [0.25, 0.3) is 0 Å². The summed E-state index contributed by atoms with van der Waals surface area (Å²) in [5, 5.41) is 3.55. The molecule has 1 N–H and O–H groups in total. The Morgan fingerprint density at radius 1 is 1.57 bits per heavy atom. The highest BCUT2D eigenvalue weighted by Crippen LogP contribution is 2.10. The molecule has 0 aliphatic carbocycles. The molecule has 0 spiro atoms. The van der Waals surface area contributed by atoms with Gasteiger partial charge in [-0.3, -0.25) is 0 Å². The second-order valence-electron chi connectivity index (χ2n) is 4.08. The lowest BCUT2D eigenvalue weighted by atomic mass is 10.1. The molecular formula is C12H23NO. The van der Waals surface area contributed by atoms with Crippen LogP contribution >= 0.6 is 0 Å². The fourth-order valence-corrected chi connectivity index (χ4v) is 1.81. The van der Waals surface area contributed by atoms with Crippen LogP contribution in [0.2, 0.25) is 0 Å². The second-order valence-corrected chi connectivity index (χ2v) is 4.08. The molecule has 0 aromatic carbocycles. The topological polar surface area (TPSA) is 21.3 Å². The van der Waals surface area contributed by atoms with Gasteiger partial charge in [-0.2, -0.15) is 0 Å². The van der Waals surface area contributed by atoms with E-state index in [-0.39, 0.29) is 0 Å². The average Bonchev–Trinajstić information content (AvgIpc) is 2.20. The summed E-state index contributed by atoms with van der Waals surface area (Å²) in [4.78, 5) is 0. The molecule has 2 nitrogen and oxygen atoms in total. The third kappa shape index (κ3) is 4.77. The van der Waals surface area contributed by atoms with Crippen LogP contribution in [0.15, 0.2) is 11.6 Å². The standard InChI is InChI=1S/C12H23NO/c1-3-4-11(2)13-8-5-12-6-9-14-10-7-12/h6,11,13H,3-5,7-10H2,1-2H3. The first-order valence-corrected chi connectivity index (χ1v) is 5.82. The van der Waals surface area contributed by atoms with Crippen LogP contribution in [0.25, 0.3) is 0 Å². The van der Waals surface area contributed by atoms with Crippen molar-refractivity contribution in [2.45, 2.75) is 45.6 Å². The van der Waals surface area contributed by atoms with Gasteiger partial charge in [0, 0.05) is 6.04 Å². The summed E-state index contributed by atoms with van der Waals surface area (Å²) in [6.07, 6.45) is 7.10. The summed E-state index contributed by atoms with van der Waals surface area (Å²) in [5.41, 5.74) is 1.56. The van der Waals surface area contributed by atoms with Crippen molar-refractivity contribution >= 4 is 0 Å². The smallest absolute Gasteiger partial charge is 0.0650 e. The number of rotatable bonds is 6. The molecule has 0 aromatic heterocycles. The SMILES string of the molecule is CCCC(C)NCCC1=CCOCC1. The van der Waals surface area contributed by atoms with Gasteiger partial charge >= 0.3 is 0 Å². The fourth-order valence-electron chi connectivity index (χ4n) is 1.81. The predicted octanol–water partition coefficient (Wildman–Crippen LogP) is 2.50. The minimum atomic E-state index is 0.667. The maximum atomic E-state index is 5.27. The summed E-state index contributed by atoms with van der Waals surface area (Å²) in [5.74, 6) is 0. The van der Waals surface area contributed by atoms with Crippen LogP contribution in [0.1, 0.15) is 39.5 Å². The van der Waals surface area contributed by atoms with E-state index in [1.54, 1.807) is 5.57 Å². The minimum absolute atomic E-state index is 0.667. The third-order valence-corrected chi connectivity index (χ3v) is 2.72. The zero-order chi connectivity index (χ0) is 10.2. The monoisotopic (exact) mass is 197 g/mol. The number of ether oxygens (including phenoxy) is 1. The molecule has 0 bridgehead atoms. The molecule has 0 amide bonds. The Hall–Kier alpha value is -0.340. The molecule has 1 aliphatic heterocycles. The molecule has 2 heteroatoms. The van der Waals surface area contributed by atoms with Crippen molar-refractivity contribution in [1.82, 2.24) is 5.32 Å². The van der Waals surface area contributed by atoms with Gasteiger partial charge in [0.15, 0.2) is 0 Å². The van der Waals surface area contributed by atoms with E-state index in [4.69, 9.17) is 4.74 Å². The quantitative estimate of drug-likeness (QED) is 0.661. The van der Waals surface area contributed by atoms with Crippen LogP contribution in [0.4, 0.5) is 0 Å². The molecule has 82 valence electrons. The molecule has 0 saturated carbocycles. The molecule has 1 atom stereocenters. The Balaban J connectivity index is 2.05. The van der Waals surface area contributed by atoms with E-state index in [0.717, 1.165) is 26.2 Å². The zero-order valence-electron chi connectivity index (χ0n) is 9.51. The Bertz CT molecular complexity index is 177. The first kappa shape index (κ1) is 11.7. The van der Waals surface area contributed by atoms with E-state index >= 15 is 0 Å². The maximum absolute atomic E-state index is 5.27. The molecule has 1 rings (SSSR count). The van der Waals surface area contributed by atoms with Crippen LogP contribution in [0, 0.1) is 0 Å². The Labute approximate surface area is 87.7 Å². The van der Waals surface area contributed by atoms with Crippen LogP contribution in [-0.4, -0.2) is 25.8 Å². The lowest BCUT2D eigenvalue weighted by molar-refractivity contribution is 0.153. The Kier molecular flexibility index (Phi) is 5.88. The van der Waals surface area contributed by atoms with Crippen LogP contribution < -0.4 is 5.32 Å². The van der Waals surface area contributed by atoms with Gasteiger partial charge in [-0.1, -0.05) is 25.0 Å².